The molecule has 1 fully saturated rings. The van der Waals surface area contributed by atoms with Crippen molar-refractivity contribution in [3.05, 3.63) is 53.8 Å². The fourth-order valence-corrected chi connectivity index (χ4v) is 3.47. The van der Waals surface area contributed by atoms with Crippen LogP contribution >= 0.6 is 0 Å². The van der Waals surface area contributed by atoms with Crippen LogP contribution in [0.5, 0.6) is 5.75 Å². The van der Waals surface area contributed by atoms with E-state index in [0.29, 0.717) is 24.0 Å². The summed E-state index contributed by atoms with van der Waals surface area (Å²) in [5.74, 6) is 0.514. The molecule has 0 radical (unpaired) electrons. The first-order valence-corrected chi connectivity index (χ1v) is 9.55. The van der Waals surface area contributed by atoms with Crippen LogP contribution in [0.25, 0.3) is 22.1 Å². The molecule has 29 heavy (non-hydrogen) atoms. The van der Waals surface area contributed by atoms with Gasteiger partial charge < -0.3 is 19.6 Å². The summed E-state index contributed by atoms with van der Waals surface area (Å²) < 4.78 is 11.1. The van der Waals surface area contributed by atoms with Crippen LogP contribution in [-0.4, -0.2) is 61.6 Å². The number of hydrogen-bond donors (Lipinski definition) is 2. The molecular formula is C22H22N2O5. The van der Waals surface area contributed by atoms with E-state index in [1.807, 2.05) is 6.07 Å². The Labute approximate surface area is 167 Å². The molecule has 4 rings (SSSR count). The van der Waals surface area contributed by atoms with Gasteiger partial charge in [-0.3, -0.25) is 14.5 Å². The number of nitrogens with one attached hydrogen (secondary N) is 1. The SMILES string of the molecule is O=Cc1c(O)ccc2cc(-c3ccc(C(=O)NCCN4CCOCC4)o3)ccc12. The van der Waals surface area contributed by atoms with Crippen molar-refractivity contribution in [2.75, 3.05) is 39.4 Å². The zero-order chi connectivity index (χ0) is 20.2. The topological polar surface area (TPSA) is 92.0 Å². The number of fused-ring (bicyclic) bond motifs is 1. The molecule has 1 saturated heterocycles. The highest BCUT2D eigenvalue weighted by Crippen LogP contribution is 2.30. The van der Waals surface area contributed by atoms with E-state index >= 15 is 0 Å². The third-order valence-corrected chi connectivity index (χ3v) is 5.09. The van der Waals surface area contributed by atoms with Crippen LogP contribution in [0.1, 0.15) is 20.9 Å². The van der Waals surface area contributed by atoms with Gasteiger partial charge in [-0.15, -0.1) is 0 Å². The Morgan fingerprint density at radius 2 is 1.97 bits per heavy atom. The molecular weight excluding hydrogens is 372 g/mol. The molecule has 0 spiro atoms. The second kappa shape index (κ2) is 8.46. The maximum Gasteiger partial charge on any atom is 0.287 e. The van der Waals surface area contributed by atoms with Crippen LogP contribution in [-0.2, 0) is 4.74 Å². The molecule has 7 heteroatoms. The van der Waals surface area contributed by atoms with E-state index in [4.69, 9.17) is 9.15 Å². The quantitative estimate of drug-likeness (QED) is 0.625. The predicted molar refractivity (Wildman–Crippen MR) is 108 cm³/mol. The average Bonchev–Trinajstić information content (AvgIpc) is 3.24. The van der Waals surface area contributed by atoms with Gasteiger partial charge in [-0.05, 0) is 35.0 Å². The van der Waals surface area contributed by atoms with Crippen molar-refractivity contribution in [2.24, 2.45) is 0 Å². The maximum atomic E-state index is 12.3. The Bertz CT molecular complexity index is 1040. The normalized spacial score (nSPS) is 14.8. The predicted octanol–water partition coefficient (Wildman–Crippen LogP) is 2.68. The highest BCUT2D eigenvalue weighted by Gasteiger charge is 2.15. The molecule has 0 unspecified atom stereocenters. The zero-order valence-electron chi connectivity index (χ0n) is 15.9. The minimum atomic E-state index is -0.251. The minimum Gasteiger partial charge on any atom is -0.507 e. The number of amides is 1. The van der Waals surface area contributed by atoms with Crippen LogP contribution in [0.3, 0.4) is 0 Å². The van der Waals surface area contributed by atoms with Gasteiger partial charge in [0.25, 0.3) is 5.91 Å². The molecule has 2 heterocycles. The molecule has 7 nitrogen and oxygen atoms in total. The van der Waals surface area contributed by atoms with E-state index in [9.17, 15) is 14.7 Å². The van der Waals surface area contributed by atoms with Crippen LogP contribution in [0.2, 0.25) is 0 Å². The summed E-state index contributed by atoms with van der Waals surface area (Å²) in [6.07, 6.45) is 0.642. The fraction of sp³-hybridized carbons (Fsp3) is 0.273. The maximum absolute atomic E-state index is 12.3. The van der Waals surface area contributed by atoms with E-state index < -0.39 is 0 Å². The molecule has 2 N–H and O–H groups in total. The van der Waals surface area contributed by atoms with Crippen molar-refractivity contribution in [1.82, 2.24) is 10.2 Å². The Morgan fingerprint density at radius 1 is 1.14 bits per heavy atom. The van der Waals surface area contributed by atoms with E-state index in [1.54, 1.807) is 30.3 Å². The van der Waals surface area contributed by atoms with Crippen molar-refractivity contribution in [2.45, 2.75) is 0 Å². The third kappa shape index (κ3) is 4.16. The molecule has 0 atom stereocenters. The zero-order valence-corrected chi connectivity index (χ0v) is 15.9. The Hall–Kier alpha value is -3.16. The number of carbonyl (C=O) groups excluding carboxylic acids is 2. The van der Waals surface area contributed by atoms with E-state index in [-0.39, 0.29) is 23.0 Å². The molecule has 0 saturated carbocycles. The van der Waals surface area contributed by atoms with Crippen molar-refractivity contribution < 1.29 is 23.8 Å². The summed E-state index contributed by atoms with van der Waals surface area (Å²) in [7, 11) is 0. The smallest absolute Gasteiger partial charge is 0.287 e. The minimum absolute atomic E-state index is 0.0470. The number of furan rings is 1. The number of rotatable bonds is 6. The van der Waals surface area contributed by atoms with Crippen LogP contribution in [0.15, 0.2) is 46.9 Å². The van der Waals surface area contributed by atoms with Crippen LogP contribution < -0.4 is 5.32 Å². The molecule has 3 aromatic rings. The number of nitrogens with zero attached hydrogens (tertiary/aromatic N) is 1. The Kier molecular flexibility index (Phi) is 5.59. The molecule has 0 aliphatic carbocycles. The Morgan fingerprint density at radius 3 is 2.76 bits per heavy atom. The van der Waals surface area contributed by atoms with Gasteiger partial charge in [0, 0.05) is 31.7 Å². The molecule has 150 valence electrons. The van der Waals surface area contributed by atoms with Gasteiger partial charge in [0.15, 0.2) is 12.0 Å². The lowest BCUT2D eigenvalue weighted by Crippen LogP contribution is -2.41. The number of phenolic OH excluding ortho intramolecular Hbond substituents is 1. The lowest BCUT2D eigenvalue weighted by molar-refractivity contribution is 0.0382. The molecule has 2 aromatic carbocycles. The number of ether oxygens (including phenoxy) is 1. The lowest BCUT2D eigenvalue weighted by atomic mass is 10.0. The van der Waals surface area contributed by atoms with E-state index in [2.05, 4.69) is 10.2 Å². The average molecular weight is 394 g/mol. The third-order valence-electron chi connectivity index (χ3n) is 5.09. The summed E-state index contributed by atoms with van der Waals surface area (Å²) in [6, 6.07) is 12.1. The molecule has 1 aliphatic heterocycles. The molecule has 0 bridgehead atoms. The first-order valence-electron chi connectivity index (χ1n) is 9.55. The Balaban J connectivity index is 1.44. The second-order valence-corrected chi connectivity index (χ2v) is 6.93. The number of benzene rings is 2. The highest BCUT2D eigenvalue weighted by atomic mass is 16.5. The van der Waals surface area contributed by atoms with Crippen molar-refractivity contribution in [1.29, 1.82) is 0 Å². The van der Waals surface area contributed by atoms with Gasteiger partial charge in [0.2, 0.25) is 0 Å². The van der Waals surface area contributed by atoms with Crippen molar-refractivity contribution in [3.63, 3.8) is 0 Å². The van der Waals surface area contributed by atoms with Gasteiger partial charge in [0.1, 0.15) is 11.5 Å². The first kappa shape index (κ1) is 19.2. The summed E-state index contributed by atoms with van der Waals surface area (Å²) in [4.78, 5) is 25.8. The fourth-order valence-electron chi connectivity index (χ4n) is 3.47. The van der Waals surface area contributed by atoms with Gasteiger partial charge in [-0.2, -0.15) is 0 Å². The van der Waals surface area contributed by atoms with E-state index in [0.717, 1.165) is 43.8 Å². The van der Waals surface area contributed by atoms with Gasteiger partial charge in [0.05, 0.1) is 18.8 Å². The standard InChI is InChI=1S/C22H22N2O5/c25-14-18-17-3-1-16(13-15(17)2-4-19(18)26)20-5-6-21(29-20)22(27)23-7-8-24-9-11-28-12-10-24/h1-6,13-14,26H,7-12H2,(H,23,27). The summed E-state index contributed by atoms with van der Waals surface area (Å²) in [5, 5.41) is 14.2. The van der Waals surface area contributed by atoms with Gasteiger partial charge in [-0.1, -0.05) is 18.2 Å². The number of carbonyl (C=O) groups is 2. The number of aromatic hydroxyl groups is 1. The van der Waals surface area contributed by atoms with Gasteiger partial charge in [-0.25, -0.2) is 0 Å². The number of morpholine rings is 1. The van der Waals surface area contributed by atoms with Crippen LogP contribution in [0.4, 0.5) is 0 Å². The second-order valence-electron chi connectivity index (χ2n) is 6.93. The number of phenols is 1. The monoisotopic (exact) mass is 394 g/mol. The van der Waals surface area contributed by atoms with Crippen LogP contribution in [0, 0.1) is 0 Å². The summed E-state index contributed by atoms with van der Waals surface area (Å²) in [5.41, 5.74) is 1.04. The lowest BCUT2D eigenvalue weighted by Gasteiger charge is -2.26. The molecule has 1 aliphatic rings. The number of aldehydes is 1. The number of hydrogen-bond acceptors (Lipinski definition) is 6. The molecule has 1 aromatic heterocycles. The summed E-state index contributed by atoms with van der Waals surface area (Å²) in [6.45, 7) is 4.55. The highest BCUT2D eigenvalue weighted by molar-refractivity contribution is 6.02. The molecule has 1 amide bonds. The van der Waals surface area contributed by atoms with Gasteiger partial charge >= 0.3 is 0 Å². The summed E-state index contributed by atoms with van der Waals surface area (Å²) >= 11 is 0. The first-order chi connectivity index (χ1) is 14.2. The van der Waals surface area contributed by atoms with Crippen molar-refractivity contribution in [3.8, 4) is 17.1 Å². The largest absolute Gasteiger partial charge is 0.507 e. The van der Waals surface area contributed by atoms with Crippen molar-refractivity contribution >= 4 is 23.0 Å². The van der Waals surface area contributed by atoms with E-state index in [1.165, 1.54) is 6.07 Å².